The molecule has 0 atom stereocenters. The first-order valence-electron chi connectivity index (χ1n) is 7.47. The van der Waals surface area contributed by atoms with Crippen molar-refractivity contribution in [3.63, 3.8) is 0 Å². The van der Waals surface area contributed by atoms with E-state index in [0.29, 0.717) is 5.41 Å². The van der Waals surface area contributed by atoms with Crippen molar-refractivity contribution in [2.24, 2.45) is 5.41 Å². The van der Waals surface area contributed by atoms with Gasteiger partial charge in [0, 0.05) is 11.3 Å². The maximum absolute atomic E-state index is 9.35. The summed E-state index contributed by atoms with van der Waals surface area (Å²) in [4.78, 5) is 0. The minimum Gasteiger partial charge on any atom is -0.398 e. The molecule has 1 saturated carbocycles. The van der Waals surface area contributed by atoms with Crippen LogP contribution >= 0.6 is 0 Å². The molecule has 0 saturated heterocycles. The molecule has 0 aliphatic heterocycles. The van der Waals surface area contributed by atoms with Gasteiger partial charge in [-0.3, -0.25) is 0 Å². The summed E-state index contributed by atoms with van der Waals surface area (Å²) < 4.78 is 0. The van der Waals surface area contributed by atoms with Gasteiger partial charge in [-0.1, -0.05) is 26.0 Å². The van der Waals surface area contributed by atoms with Crippen LogP contribution in [0.1, 0.15) is 57.1 Å². The second-order valence-electron chi connectivity index (χ2n) is 7.09. The minimum atomic E-state index is -0.225. The summed E-state index contributed by atoms with van der Waals surface area (Å²) in [5, 5.41) is 9.35. The number of nitrogen functional groups attached to an aromatic ring is 1. The largest absolute Gasteiger partial charge is 0.398 e. The van der Waals surface area contributed by atoms with Crippen LogP contribution in [0.2, 0.25) is 0 Å². The van der Waals surface area contributed by atoms with Gasteiger partial charge >= 0.3 is 0 Å². The Bertz CT molecular complexity index is 613. The number of hydrogen-bond donors (Lipinski definition) is 1. The molecule has 3 rings (SSSR count). The SMILES string of the molecule is CC1(C)CC=C(c2cc(C3(C#N)CC3)ccc2N)CC1. The molecule has 0 amide bonds. The molecule has 1 fully saturated rings. The lowest BCUT2D eigenvalue weighted by atomic mass is 9.76. The van der Waals surface area contributed by atoms with Crippen LogP contribution in [0.25, 0.3) is 5.57 Å². The summed E-state index contributed by atoms with van der Waals surface area (Å²) in [5.74, 6) is 0. The molecule has 0 bridgehead atoms. The maximum Gasteiger partial charge on any atom is 0.0824 e. The standard InChI is InChI=1S/C18H22N2/c1-17(2)7-5-13(6-8-17)15-11-14(3-4-16(15)20)18(12-19)9-10-18/h3-5,11H,6-10,20H2,1-2H3. The number of rotatable bonds is 2. The van der Waals surface area contributed by atoms with E-state index in [0.717, 1.165) is 42.5 Å². The van der Waals surface area contributed by atoms with Gasteiger partial charge in [0.1, 0.15) is 0 Å². The third-order valence-electron chi connectivity index (χ3n) is 4.89. The summed E-state index contributed by atoms with van der Waals surface area (Å²) in [7, 11) is 0. The summed E-state index contributed by atoms with van der Waals surface area (Å²) >= 11 is 0. The van der Waals surface area contributed by atoms with E-state index in [1.54, 1.807) is 0 Å². The predicted octanol–water partition coefficient (Wildman–Crippen LogP) is 4.42. The molecule has 2 heteroatoms. The zero-order chi connectivity index (χ0) is 14.4. The fourth-order valence-electron chi connectivity index (χ4n) is 3.04. The highest BCUT2D eigenvalue weighted by atomic mass is 14.6. The summed E-state index contributed by atoms with van der Waals surface area (Å²) in [6, 6.07) is 8.64. The monoisotopic (exact) mass is 266 g/mol. The van der Waals surface area contributed by atoms with E-state index in [4.69, 9.17) is 5.73 Å². The van der Waals surface area contributed by atoms with Crippen LogP contribution in [0.15, 0.2) is 24.3 Å². The smallest absolute Gasteiger partial charge is 0.0824 e. The Morgan fingerprint density at radius 1 is 1.20 bits per heavy atom. The van der Waals surface area contributed by atoms with E-state index in [2.05, 4.69) is 32.1 Å². The maximum atomic E-state index is 9.35. The molecule has 1 aromatic rings. The molecule has 104 valence electrons. The van der Waals surface area contributed by atoms with Gasteiger partial charge in [-0.05, 0) is 60.8 Å². The first kappa shape index (κ1) is 13.2. The molecule has 1 aromatic carbocycles. The Morgan fingerprint density at radius 2 is 1.95 bits per heavy atom. The van der Waals surface area contributed by atoms with Crippen LogP contribution in [0.3, 0.4) is 0 Å². The third-order valence-corrected chi connectivity index (χ3v) is 4.89. The molecule has 20 heavy (non-hydrogen) atoms. The summed E-state index contributed by atoms with van der Waals surface area (Å²) in [6.45, 7) is 4.63. The second kappa shape index (κ2) is 4.38. The van der Waals surface area contributed by atoms with Crippen molar-refractivity contribution < 1.29 is 0 Å². The lowest BCUT2D eigenvalue weighted by Crippen LogP contribution is -2.14. The second-order valence-corrected chi connectivity index (χ2v) is 7.09. The Labute approximate surface area is 121 Å². The van der Waals surface area contributed by atoms with Gasteiger partial charge < -0.3 is 5.73 Å². The Morgan fingerprint density at radius 3 is 2.50 bits per heavy atom. The topological polar surface area (TPSA) is 49.8 Å². The van der Waals surface area contributed by atoms with E-state index in [9.17, 15) is 5.26 Å². The number of hydrogen-bond acceptors (Lipinski definition) is 2. The predicted molar refractivity (Wildman–Crippen MR) is 83.0 cm³/mol. The summed E-state index contributed by atoms with van der Waals surface area (Å²) in [5.41, 5.74) is 10.8. The molecule has 0 unspecified atom stereocenters. The number of nitrogens with zero attached hydrogens (tertiary/aromatic N) is 1. The normalized spacial score (nSPS) is 22.8. The molecule has 2 aliphatic carbocycles. The first-order chi connectivity index (χ1) is 9.46. The van der Waals surface area contributed by atoms with Gasteiger partial charge in [0.25, 0.3) is 0 Å². The lowest BCUT2D eigenvalue weighted by molar-refractivity contribution is 0.335. The molecule has 2 N–H and O–H groups in total. The molecule has 0 heterocycles. The fourth-order valence-corrected chi connectivity index (χ4v) is 3.04. The van der Waals surface area contributed by atoms with Gasteiger partial charge in [0.2, 0.25) is 0 Å². The van der Waals surface area contributed by atoms with E-state index < -0.39 is 0 Å². The van der Waals surface area contributed by atoms with Gasteiger partial charge in [0.05, 0.1) is 11.5 Å². The van der Waals surface area contributed by atoms with Crippen molar-refractivity contribution in [3.8, 4) is 6.07 Å². The van der Waals surface area contributed by atoms with E-state index >= 15 is 0 Å². The van der Waals surface area contributed by atoms with Crippen molar-refractivity contribution in [1.82, 2.24) is 0 Å². The highest BCUT2D eigenvalue weighted by Gasteiger charge is 2.45. The van der Waals surface area contributed by atoms with Crippen LogP contribution in [0.5, 0.6) is 0 Å². The average Bonchev–Trinajstić information content (AvgIpc) is 3.21. The molecule has 2 nitrogen and oxygen atoms in total. The highest BCUT2D eigenvalue weighted by Crippen LogP contribution is 2.49. The van der Waals surface area contributed by atoms with E-state index in [1.165, 1.54) is 12.0 Å². The molecule has 0 aromatic heterocycles. The third kappa shape index (κ3) is 2.22. The number of allylic oxidation sites excluding steroid dienone is 2. The number of nitrogens with two attached hydrogens (primary N) is 1. The Hall–Kier alpha value is -1.75. The van der Waals surface area contributed by atoms with E-state index in [-0.39, 0.29) is 5.41 Å². The van der Waals surface area contributed by atoms with E-state index in [1.807, 2.05) is 12.1 Å². The first-order valence-corrected chi connectivity index (χ1v) is 7.47. The van der Waals surface area contributed by atoms with Gasteiger partial charge in [-0.15, -0.1) is 0 Å². The highest BCUT2D eigenvalue weighted by molar-refractivity contribution is 5.76. The fraction of sp³-hybridized carbons (Fsp3) is 0.500. The molecule has 0 spiro atoms. The zero-order valence-corrected chi connectivity index (χ0v) is 12.4. The van der Waals surface area contributed by atoms with Crippen molar-refractivity contribution in [3.05, 3.63) is 35.4 Å². The van der Waals surface area contributed by atoms with Crippen molar-refractivity contribution in [2.45, 2.75) is 51.4 Å². The van der Waals surface area contributed by atoms with Crippen LogP contribution in [0.4, 0.5) is 5.69 Å². The molecule has 0 radical (unpaired) electrons. The Balaban J connectivity index is 1.96. The quantitative estimate of drug-likeness (QED) is 0.806. The minimum absolute atomic E-state index is 0.225. The van der Waals surface area contributed by atoms with Gasteiger partial charge in [0.15, 0.2) is 0 Å². The van der Waals surface area contributed by atoms with Crippen LogP contribution in [-0.4, -0.2) is 0 Å². The molecular formula is C18H22N2. The van der Waals surface area contributed by atoms with Gasteiger partial charge in [-0.25, -0.2) is 0 Å². The molecular weight excluding hydrogens is 244 g/mol. The van der Waals surface area contributed by atoms with Crippen LogP contribution < -0.4 is 5.73 Å². The molecule has 2 aliphatic rings. The number of nitriles is 1. The number of benzene rings is 1. The van der Waals surface area contributed by atoms with Crippen molar-refractivity contribution in [1.29, 1.82) is 5.26 Å². The number of anilines is 1. The average molecular weight is 266 g/mol. The Kier molecular flexibility index (Phi) is 2.90. The van der Waals surface area contributed by atoms with Crippen molar-refractivity contribution >= 4 is 11.3 Å². The lowest BCUT2D eigenvalue weighted by Gasteiger charge is -2.29. The van der Waals surface area contributed by atoms with Gasteiger partial charge in [-0.2, -0.15) is 5.26 Å². The van der Waals surface area contributed by atoms with Crippen molar-refractivity contribution in [2.75, 3.05) is 5.73 Å². The summed E-state index contributed by atoms with van der Waals surface area (Å²) in [6.07, 6.45) is 7.70. The zero-order valence-electron chi connectivity index (χ0n) is 12.4. The van der Waals surface area contributed by atoms with Crippen LogP contribution in [0, 0.1) is 16.7 Å². The van der Waals surface area contributed by atoms with Crippen LogP contribution in [-0.2, 0) is 5.41 Å².